The van der Waals surface area contributed by atoms with Crippen molar-refractivity contribution in [1.29, 1.82) is 0 Å². The first-order valence-electron chi connectivity index (χ1n) is 3.28. The topological polar surface area (TPSA) is 9.23 Å². The minimum atomic E-state index is 0.592. The van der Waals surface area contributed by atoms with Gasteiger partial charge in [-0.2, -0.15) is 11.3 Å². The molecule has 0 saturated carbocycles. The van der Waals surface area contributed by atoms with Crippen LogP contribution in [0.3, 0.4) is 0 Å². The molecule has 0 aliphatic heterocycles. The lowest BCUT2D eigenvalue weighted by atomic mass is 10.4. The van der Waals surface area contributed by atoms with Crippen LogP contribution in [0, 0.1) is 0 Å². The maximum atomic E-state index is 5.23. The largest absolute Gasteiger partial charge is 0.490 e. The average Bonchev–Trinajstić information content (AvgIpc) is 2.52. The van der Waals surface area contributed by atoms with E-state index in [1.54, 1.807) is 17.4 Å². The molecule has 2 heteroatoms. The molecule has 0 spiro atoms. The van der Waals surface area contributed by atoms with E-state index in [1.807, 2.05) is 11.4 Å². The summed E-state index contributed by atoms with van der Waals surface area (Å²) < 4.78 is 5.23. The van der Waals surface area contributed by atoms with Gasteiger partial charge in [0.15, 0.2) is 0 Å². The molecule has 0 aromatic carbocycles. The van der Waals surface area contributed by atoms with Gasteiger partial charge in [-0.15, -0.1) is 0 Å². The Morgan fingerprint density at radius 2 is 2.55 bits per heavy atom. The van der Waals surface area contributed by atoms with Crippen molar-refractivity contribution >= 4 is 11.3 Å². The second-order valence-corrected chi connectivity index (χ2v) is 2.87. The zero-order valence-electron chi connectivity index (χ0n) is 6.25. The van der Waals surface area contributed by atoms with Crippen molar-refractivity contribution in [1.82, 2.24) is 0 Å². The van der Waals surface area contributed by atoms with E-state index in [9.17, 15) is 0 Å². The van der Waals surface area contributed by atoms with Crippen molar-refractivity contribution in [3.63, 3.8) is 0 Å². The van der Waals surface area contributed by atoms with Crippen molar-refractivity contribution in [2.75, 3.05) is 0 Å². The van der Waals surface area contributed by atoms with Gasteiger partial charge in [-0.25, -0.2) is 0 Å². The monoisotopic (exact) mass is 166 g/mol. The van der Waals surface area contributed by atoms with E-state index < -0.39 is 0 Å². The molecule has 0 N–H and O–H groups in total. The van der Waals surface area contributed by atoms with Crippen molar-refractivity contribution in [2.24, 2.45) is 0 Å². The van der Waals surface area contributed by atoms with Crippen LogP contribution in [0.1, 0.15) is 5.56 Å². The summed E-state index contributed by atoms with van der Waals surface area (Å²) in [4.78, 5) is 0. The van der Waals surface area contributed by atoms with Gasteiger partial charge in [0.1, 0.15) is 12.4 Å². The van der Waals surface area contributed by atoms with Gasteiger partial charge in [-0.3, -0.25) is 0 Å². The van der Waals surface area contributed by atoms with Crippen LogP contribution in [0.2, 0.25) is 0 Å². The highest BCUT2D eigenvalue weighted by Crippen LogP contribution is 2.09. The molecule has 0 amide bonds. The third-order valence-electron chi connectivity index (χ3n) is 1.23. The summed E-state index contributed by atoms with van der Waals surface area (Å²) in [5, 5.41) is 4.08. The van der Waals surface area contributed by atoms with Crippen LogP contribution in [0.4, 0.5) is 0 Å². The van der Waals surface area contributed by atoms with Gasteiger partial charge < -0.3 is 4.74 Å². The Morgan fingerprint density at radius 3 is 3.09 bits per heavy atom. The molecule has 0 unspecified atom stereocenters. The highest BCUT2D eigenvalue weighted by molar-refractivity contribution is 7.07. The molecular weight excluding hydrogens is 156 g/mol. The van der Waals surface area contributed by atoms with Crippen LogP contribution in [0.15, 0.2) is 41.8 Å². The smallest absolute Gasteiger partial charge is 0.114 e. The van der Waals surface area contributed by atoms with Gasteiger partial charge >= 0.3 is 0 Å². The molecule has 1 aromatic heterocycles. The van der Waals surface area contributed by atoms with Gasteiger partial charge in [0.25, 0.3) is 0 Å². The van der Waals surface area contributed by atoms with Crippen molar-refractivity contribution in [2.45, 2.75) is 6.61 Å². The molecular formula is C9H10OS. The Kier molecular flexibility index (Phi) is 2.93. The molecule has 1 rings (SSSR count). The predicted molar refractivity (Wildman–Crippen MR) is 48.4 cm³/mol. The van der Waals surface area contributed by atoms with Gasteiger partial charge in [0.2, 0.25) is 0 Å². The highest BCUT2D eigenvalue weighted by atomic mass is 32.1. The minimum Gasteiger partial charge on any atom is -0.490 e. The van der Waals surface area contributed by atoms with Crippen LogP contribution in [-0.2, 0) is 11.3 Å². The lowest BCUT2D eigenvalue weighted by Crippen LogP contribution is -1.87. The zero-order chi connectivity index (χ0) is 8.10. The van der Waals surface area contributed by atoms with Gasteiger partial charge in [-0.05, 0) is 28.5 Å². The van der Waals surface area contributed by atoms with E-state index in [1.165, 1.54) is 5.56 Å². The van der Waals surface area contributed by atoms with E-state index in [4.69, 9.17) is 4.74 Å². The number of rotatable bonds is 4. The highest BCUT2D eigenvalue weighted by Gasteiger charge is 1.92. The molecule has 0 atom stereocenters. The normalized spacial score (nSPS) is 9.09. The summed E-state index contributed by atoms with van der Waals surface area (Å²) in [5.41, 5.74) is 1.18. The predicted octanol–water partition coefficient (Wildman–Crippen LogP) is 2.96. The average molecular weight is 166 g/mol. The summed E-state index contributed by atoms with van der Waals surface area (Å²) in [6, 6.07) is 2.03. The van der Waals surface area contributed by atoms with Crippen LogP contribution in [-0.4, -0.2) is 0 Å². The van der Waals surface area contributed by atoms with E-state index >= 15 is 0 Å². The van der Waals surface area contributed by atoms with Crippen molar-refractivity contribution in [3.05, 3.63) is 47.4 Å². The van der Waals surface area contributed by atoms with Crippen molar-refractivity contribution in [3.8, 4) is 0 Å². The van der Waals surface area contributed by atoms with Crippen LogP contribution >= 0.6 is 11.3 Å². The molecule has 1 aromatic rings. The first-order chi connectivity index (χ1) is 5.33. The SMILES string of the molecule is C=CC(=C)OCc1ccsc1. The summed E-state index contributed by atoms with van der Waals surface area (Å²) in [6.07, 6.45) is 1.60. The summed E-state index contributed by atoms with van der Waals surface area (Å²) in [5.74, 6) is 0.621. The summed E-state index contributed by atoms with van der Waals surface area (Å²) in [6.45, 7) is 7.77. The number of ether oxygens (including phenoxy) is 1. The first kappa shape index (κ1) is 8.08. The fraction of sp³-hybridized carbons (Fsp3) is 0.111. The van der Waals surface area contributed by atoms with E-state index in [-0.39, 0.29) is 0 Å². The Bertz CT molecular complexity index is 236. The Labute approximate surface area is 70.6 Å². The molecule has 0 saturated heterocycles. The fourth-order valence-electron chi connectivity index (χ4n) is 0.610. The Morgan fingerprint density at radius 1 is 1.73 bits per heavy atom. The third-order valence-corrected chi connectivity index (χ3v) is 1.96. The number of hydrogen-bond donors (Lipinski definition) is 0. The molecule has 1 nitrogen and oxygen atoms in total. The second-order valence-electron chi connectivity index (χ2n) is 2.09. The second kappa shape index (κ2) is 3.98. The molecule has 0 aliphatic rings. The van der Waals surface area contributed by atoms with E-state index in [0.29, 0.717) is 12.4 Å². The molecule has 0 radical (unpaired) electrons. The first-order valence-corrected chi connectivity index (χ1v) is 4.22. The van der Waals surface area contributed by atoms with Crippen LogP contribution < -0.4 is 0 Å². The van der Waals surface area contributed by atoms with E-state index in [2.05, 4.69) is 18.5 Å². The van der Waals surface area contributed by atoms with Gasteiger partial charge in [0, 0.05) is 0 Å². The molecule has 58 valence electrons. The fourth-order valence-corrected chi connectivity index (χ4v) is 1.26. The lowest BCUT2D eigenvalue weighted by Gasteiger charge is -2.01. The zero-order valence-corrected chi connectivity index (χ0v) is 7.06. The molecule has 0 bridgehead atoms. The van der Waals surface area contributed by atoms with Gasteiger partial charge in [0.05, 0.1) is 0 Å². The number of hydrogen-bond acceptors (Lipinski definition) is 2. The van der Waals surface area contributed by atoms with Gasteiger partial charge in [-0.1, -0.05) is 13.2 Å². The lowest BCUT2D eigenvalue weighted by molar-refractivity contribution is 0.213. The number of allylic oxidation sites excluding steroid dienone is 1. The summed E-state index contributed by atoms with van der Waals surface area (Å²) in [7, 11) is 0. The minimum absolute atomic E-state index is 0.592. The summed E-state index contributed by atoms with van der Waals surface area (Å²) >= 11 is 1.66. The Balaban J connectivity index is 2.34. The Hall–Kier alpha value is -1.02. The van der Waals surface area contributed by atoms with E-state index in [0.717, 1.165) is 0 Å². The molecule has 1 heterocycles. The van der Waals surface area contributed by atoms with Crippen molar-refractivity contribution < 1.29 is 4.74 Å². The third kappa shape index (κ3) is 2.60. The number of thiophene rings is 1. The molecule has 11 heavy (non-hydrogen) atoms. The maximum absolute atomic E-state index is 5.23. The standard InChI is InChI=1S/C9H10OS/c1-3-8(2)10-6-9-4-5-11-7-9/h3-5,7H,1-2,6H2. The maximum Gasteiger partial charge on any atom is 0.114 e. The molecule has 0 fully saturated rings. The molecule has 0 aliphatic carbocycles. The quantitative estimate of drug-likeness (QED) is 0.493. The van der Waals surface area contributed by atoms with Crippen LogP contribution in [0.5, 0.6) is 0 Å². The van der Waals surface area contributed by atoms with Crippen LogP contribution in [0.25, 0.3) is 0 Å².